The molecule has 22 heavy (non-hydrogen) atoms. The van der Waals surface area contributed by atoms with Gasteiger partial charge < -0.3 is 5.73 Å². The quantitative estimate of drug-likeness (QED) is 0.802. The van der Waals surface area contributed by atoms with Gasteiger partial charge in [0.25, 0.3) is 0 Å². The number of halogens is 1. The van der Waals surface area contributed by atoms with E-state index < -0.39 is 0 Å². The molecule has 0 unspecified atom stereocenters. The van der Waals surface area contributed by atoms with Crippen LogP contribution in [0.25, 0.3) is 0 Å². The fourth-order valence-corrected chi connectivity index (χ4v) is 3.57. The minimum Gasteiger partial charge on any atom is -0.329 e. The van der Waals surface area contributed by atoms with Crippen LogP contribution >= 0.6 is 23.7 Å². The Morgan fingerprint density at radius 2 is 1.95 bits per heavy atom. The number of thiazole rings is 1. The van der Waals surface area contributed by atoms with Crippen LogP contribution in [-0.2, 0) is 13.0 Å². The molecule has 0 radical (unpaired) electrons. The second-order valence-corrected chi connectivity index (χ2v) is 6.67. The van der Waals surface area contributed by atoms with Gasteiger partial charge >= 0.3 is 0 Å². The first-order valence-electron chi connectivity index (χ1n) is 7.75. The lowest BCUT2D eigenvalue weighted by molar-refractivity contribution is 0.278. The summed E-state index contributed by atoms with van der Waals surface area (Å²) >= 11 is 1.80. The summed E-state index contributed by atoms with van der Waals surface area (Å²) in [5, 5.41) is 0. The lowest BCUT2D eigenvalue weighted by Gasteiger charge is -2.21. The number of nitrogens with two attached hydrogens (primary N) is 1. The Morgan fingerprint density at radius 3 is 2.64 bits per heavy atom. The largest absolute Gasteiger partial charge is 0.329 e. The van der Waals surface area contributed by atoms with Crippen molar-refractivity contribution in [3.05, 3.63) is 52.0 Å². The van der Waals surface area contributed by atoms with Gasteiger partial charge in [-0.05, 0) is 24.8 Å². The molecule has 1 aliphatic carbocycles. The average Bonchev–Trinajstić information content (AvgIpc) is 3.26. The molecule has 0 amide bonds. The first-order valence-corrected chi connectivity index (χ1v) is 8.63. The van der Waals surface area contributed by atoms with Crippen LogP contribution in [0.5, 0.6) is 0 Å². The Kier molecular flexibility index (Phi) is 6.83. The van der Waals surface area contributed by atoms with Crippen LogP contribution in [0, 0.1) is 0 Å². The summed E-state index contributed by atoms with van der Waals surface area (Å²) in [6, 6.07) is 10.7. The van der Waals surface area contributed by atoms with Crippen molar-refractivity contribution in [2.45, 2.75) is 31.7 Å². The van der Waals surface area contributed by atoms with E-state index in [0.717, 1.165) is 32.0 Å². The van der Waals surface area contributed by atoms with Crippen molar-refractivity contribution < 1.29 is 0 Å². The van der Waals surface area contributed by atoms with Gasteiger partial charge in [0.2, 0.25) is 0 Å². The second kappa shape index (κ2) is 8.63. The number of hydrogen-bond donors (Lipinski definition) is 1. The van der Waals surface area contributed by atoms with Gasteiger partial charge in [-0.2, -0.15) is 0 Å². The van der Waals surface area contributed by atoms with Gasteiger partial charge in [-0.3, -0.25) is 4.90 Å². The molecule has 0 bridgehead atoms. The molecule has 1 heterocycles. The molecule has 1 aliphatic rings. The Bertz CT molecular complexity index is 554. The molecule has 0 spiro atoms. The Hall–Kier alpha value is -0.940. The van der Waals surface area contributed by atoms with Gasteiger partial charge in [0.1, 0.15) is 0 Å². The predicted molar refractivity (Wildman–Crippen MR) is 95.8 cm³/mol. The van der Waals surface area contributed by atoms with Crippen molar-refractivity contribution in [2.75, 3.05) is 19.6 Å². The van der Waals surface area contributed by atoms with Crippen molar-refractivity contribution in [3.8, 4) is 0 Å². The predicted octanol–water partition coefficient (Wildman–Crippen LogP) is 3.45. The van der Waals surface area contributed by atoms with Gasteiger partial charge in [0.15, 0.2) is 0 Å². The lowest BCUT2D eigenvalue weighted by Crippen LogP contribution is -2.31. The van der Waals surface area contributed by atoms with E-state index in [9.17, 15) is 0 Å². The van der Waals surface area contributed by atoms with E-state index in [1.807, 2.05) is 5.51 Å². The molecule has 1 fully saturated rings. The van der Waals surface area contributed by atoms with E-state index in [0.29, 0.717) is 6.54 Å². The maximum absolute atomic E-state index is 5.78. The minimum atomic E-state index is 0. The van der Waals surface area contributed by atoms with Gasteiger partial charge in [-0.15, -0.1) is 23.7 Å². The summed E-state index contributed by atoms with van der Waals surface area (Å²) < 4.78 is 0. The van der Waals surface area contributed by atoms with Crippen LogP contribution in [0.3, 0.4) is 0 Å². The molecular weight excluding hydrogens is 314 g/mol. The molecule has 0 atom stereocenters. The third-order valence-corrected chi connectivity index (χ3v) is 4.84. The Balaban J connectivity index is 0.00000176. The average molecular weight is 338 g/mol. The second-order valence-electron chi connectivity index (χ2n) is 5.74. The summed E-state index contributed by atoms with van der Waals surface area (Å²) in [5.41, 5.74) is 10.5. The Labute approximate surface area is 143 Å². The van der Waals surface area contributed by atoms with Gasteiger partial charge in [0, 0.05) is 37.0 Å². The fraction of sp³-hybridized carbons (Fsp3) is 0.471. The number of benzene rings is 1. The number of nitrogens with zero attached hydrogens (tertiary/aromatic N) is 2. The molecular formula is C17H24ClN3S. The molecule has 3 nitrogen and oxygen atoms in total. The number of hydrogen-bond acceptors (Lipinski definition) is 4. The summed E-state index contributed by atoms with van der Waals surface area (Å²) in [6.07, 6.45) is 3.72. The van der Waals surface area contributed by atoms with Crippen LogP contribution in [0.4, 0.5) is 0 Å². The zero-order valence-corrected chi connectivity index (χ0v) is 14.4. The van der Waals surface area contributed by atoms with Gasteiger partial charge in [-0.25, -0.2) is 4.98 Å². The standard InChI is InChI=1S/C17H23N3S.ClH/c18-9-11-20(10-8-14-4-2-1-3-5-14)12-16-17(15-6-7-15)19-13-21-16;/h1-5,13,15H,6-12,18H2;1H. The first-order chi connectivity index (χ1) is 10.4. The molecule has 3 rings (SSSR count). The van der Waals surface area contributed by atoms with E-state index in [4.69, 9.17) is 5.73 Å². The minimum absolute atomic E-state index is 0. The summed E-state index contributed by atoms with van der Waals surface area (Å²) in [5.74, 6) is 0.736. The highest BCUT2D eigenvalue weighted by molar-refractivity contribution is 7.09. The fourth-order valence-electron chi connectivity index (χ4n) is 2.67. The highest BCUT2D eigenvalue weighted by Gasteiger charge is 2.28. The summed E-state index contributed by atoms with van der Waals surface area (Å²) in [6.45, 7) is 3.73. The smallest absolute Gasteiger partial charge is 0.0798 e. The van der Waals surface area contributed by atoms with Crippen molar-refractivity contribution in [1.29, 1.82) is 0 Å². The van der Waals surface area contributed by atoms with Crippen LogP contribution in [0.2, 0.25) is 0 Å². The molecule has 2 aromatic rings. The van der Waals surface area contributed by atoms with Crippen molar-refractivity contribution in [2.24, 2.45) is 5.73 Å². The van der Waals surface area contributed by atoms with Crippen molar-refractivity contribution in [3.63, 3.8) is 0 Å². The third kappa shape index (κ3) is 4.78. The zero-order chi connectivity index (χ0) is 14.5. The first kappa shape index (κ1) is 17.4. The lowest BCUT2D eigenvalue weighted by atomic mass is 10.1. The number of aromatic nitrogens is 1. The topological polar surface area (TPSA) is 42.1 Å². The molecule has 1 aromatic heterocycles. The van der Waals surface area contributed by atoms with E-state index in [-0.39, 0.29) is 12.4 Å². The van der Waals surface area contributed by atoms with Crippen molar-refractivity contribution >= 4 is 23.7 Å². The normalized spacial score (nSPS) is 14.1. The van der Waals surface area contributed by atoms with Crippen LogP contribution in [0.15, 0.2) is 35.8 Å². The van der Waals surface area contributed by atoms with E-state index >= 15 is 0 Å². The molecule has 5 heteroatoms. The molecule has 0 aliphatic heterocycles. The van der Waals surface area contributed by atoms with Crippen LogP contribution in [0.1, 0.15) is 34.9 Å². The van der Waals surface area contributed by atoms with Crippen LogP contribution in [-0.4, -0.2) is 29.5 Å². The van der Waals surface area contributed by atoms with Crippen LogP contribution < -0.4 is 5.73 Å². The third-order valence-electron chi connectivity index (χ3n) is 4.01. The zero-order valence-electron chi connectivity index (χ0n) is 12.8. The highest BCUT2D eigenvalue weighted by Crippen LogP contribution is 2.42. The SMILES string of the molecule is Cl.NCCN(CCc1ccccc1)Cc1scnc1C1CC1. The van der Waals surface area contributed by atoms with Gasteiger partial charge in [-0.1, -0.05) is 30.3 Å². The maximum Gasteiger partial charge on any atom is 0.0798 e. The molecule has 2 N–H and O–H groups in total. The van der Waals surface area contributed by atoms with E-state index in [1.165, 1.54) is 29.0 Å². The summed E-state index contributed by atoms with van der Waals surface area (Å²) in [4.78, 5) is 8.48. The number of rotatable bonds is 8. The molecule has 1 saturated carbocycles. The van der Waals surface area contributed by atoms with E-state index in [1.54, 1.807) is 11.3 Å². The highest BCUT2D eigenvalue weighted by atomic mass is 35.5. The molecule has 120 valence electrons. The Morgan fingerprint density at radius 1 is 1.18 bits per heavy atom. The molecule has 1 aromatic carbocycles. The maximum atomic E-state index is 5.78. The van der Waals surface area contributed by atoms with Crippen molar-refractivity contribution in [1.82, 2.24) is 9.88 Å². The molecule has 0 saturated heterocycles. The van der Waals surface area contributed by atoms with E-state index in [2.05, 4.69) is 40.2 Å². The van der Waals surface area contributed by atoms with Gasteiger partial charge in [0.05, 0.1) is 11.2 Å². The summed E-state index contributed by atoms with van der Waals surface area (Å²) in [7, 11) is 0. The monoisotopic (exact) mass is 337 g/mol.